The Kier molecular flexibility index (Phi) is 12.5. The van der Waals surface area contributed by atoms with Gasteiger partial charge in [-0.25, -0.2) is 0 Å². The van der Waals surface area contributed by atoms with Crippen LogP contribution >= 0.6 is 0 Å². The van der Waals surface area contributed by atoms with Gasteiger partial charge in [0.1, 0.15) is 36.6 Å². The van der Waals surface area contributed by atoms with Crippen LogP contribution in [-0.2, 0) is 50.1 Å². The highest BCUT2D eigenvalue weighted by Crippen LogP contribution is 2.34. The molecule has 1 fully saturated rings. The number of ether oxygens (including phenoxy) is 5. The standard InChI is InChI=1S/C38H44O6/c1-2-3-24-40-34-33(39)35(41-25-29-16-8-4-9-17-29)37(43-27-31-20-12-6-13-21-31)38(44-28-32-22-14-7-15-23-32)36(34)42-26-30-18-10-5-11-19-30/h4-23,33-39H,2-3,24-28H2,1H3/t33-,34+,35-,36-,37+,38+/m0/s1. The van der Waals surface area contributed by atoms with Gasteiger partial charge >= 0.3 is 0 Å². The van der Waals surface area contributed by atoms with Crippen molar-refractivity contribution in [3.8, 4) is 0 Å². The van der Waals surface area contributed by atoms with Crippen molar-refractivity contribution >= 4 is 0 Å². The van der Waals surface area contributed by atoms with Gasteiger partial charge in [-0.3, -0.25) is 0 Å². The molecule has 1 N–H and O–H groups in total. The summed E-state index contributed by atoms with van der Waals surface area (Å²) in [5.74, 6) is 0. The van der Waals surface area contributed by atoms with Crippen LogP contribution in [0.2, 0.25) is 0 Å². The van der Waals surface area contributed by atoms with Crippen molar-refractivity contribution < 1.29 is 28.8 Å². The van der Waals surface area contributed by atoms with Crippen LogP contribution in [0.4, 0.5) is 0 Å². The van der Waals surface area contributed by atoms with Gasteiger partial charge in [0.05, 0.1) is 26.4 Å². The molecule has 4 aromatic carbocycles. The van der Waals surface area contributed by atoms with Gasteiger partial charge in [-0.2, -0.15) is 0 Å². The molecule has 0 amide bonds. The van der Waals surface area contributed by atoms with Gasteiger partial charge in [-0.15, -0.1) is 0 Å². The molecule has 1 saturated carbocycles. The Hall–Kier alpha value is -3.36. The summed E-state index contributed by atoms with van der Waals surface area (Å²) >= 11 is 0. The Morgan fingerprint density at radius 1 is 0.432 bits per heavy atom. The van der Waals surface area contributed by atoms with Crippen LogP contribution in [-0.4, -0.2) is 48.3 Å². The van der Waals surface area contributed by atoms with Crippen molar-refractivity contribution in [3.63, 3.8) is 0 Å². The third-order valence-electron chi connectivity index (χ3n) is 7.92. The van der Waals surface area contributed by atoms with E-state index >= 15 is 0 Å². The molecule has 6 nitrogen and oxygen atoms in total. The lowest BCUT2D eigenvalue weighted by molar-refractivity contribution is -0.281. The number of rotatable bonds is 16. The topological polar surface area (TPSA) is 66.4 Å². The fourth-order valence-corrected chi connectivity index (χ4v) is 5.52. The van der Waals surface area contributed by atoms with Crippen LogP contribution in [0.3, 0.4) is 0 Å². The van der Waals surface area contributed by atoms with Crippen molar-refractivity contribution in [2.75, 3.05) is 6.61 Å². The predicted molar refractivity (Wildman–Crippen MR) is 171 cm³/mol. The van der Waals surface area contributed by atoms with Gasteiger partial charge in [-0.05, 0) is 28.7 Å². The molecular formula is C38H44O6. The van der Waals surface area contributed by atoms with Gasteiger partial charge in [0, 0.05) is 6.61 Å². The van der Waals surface area contributed by atoms with Crippen molar-refractivity contribution in [1.29, 1.82) is 0 Å². The summed E-state index contributed by atoms with van der Waals surface area (Å²) in [4.78, 5) is 0. The summed E-state index contributed by atoms with van der Waals surface area (Å²) in [7, 11) is 0. The molecule has 0 unspecified atom stereocenters. The summed E-state index contributed by atoms with van der Waals surface area (Å²) < 4.78 is 32.9. The van der Waals surface area contributed by atoms with Gasteiger partial charge in [0.2, 0.25) is 0 Å². The first-order chi connectivity index (χ1) is 21.7. The average molecular weight is 597 g/mol. The van der Waals surface area contributed by atoms with E-state index < -0.39 is 36.6 Å². The quantitative estimate of drug-likeness (QED) is 0.142. The van der Waals surface area contributed by atoms with Crippen molar-refractivity contribution in [2.24, 2.45) is 0 Å². The van der Waals surface area contributed by atoms with E-state index in [2.05, 4.69) is 6.92 Å². The minimum absolute atomic E-state index is 0.316. The number of hydrogen-bond donors (Lipinski definition) is 1. The van der Waals surface area contributed by atoms with Crippen molar-refractivity contribution in [3.05, 3.63) is 144 Å². The molecule has 5 rings (SSSR count). The van der Waals surface area contributed by atoms with E-state index in [9.17, 15) is 5.11 Å². The highest BCUT2D eigenvalue weighted by atomic mass is 16.6. The molecule has 0 aromatic heterocycles. The first-order valence-electron chi connectivity index (χ1n) is 15.6. The largest absolute Gasteiger partial charge is 0.387 e. The smallest absolute Gasteiger partial charge is 0.116 e. The fraction of sp³-hybridized carbons (Fsp3) is 0.368. The Bertz CT molecular complexity index is 1320. The molecule has 6 atom stereocenters. The van der Waals surface area contributed by atoms with Gasteiger partial charge in [-0.1, -0.05) is 135 Å². The second-order valence-electron chi connectivity index (χ2n) is 11.2. The van der Waals surface area contributed by atoms with E-state index in [4.69, 9.17) is 23.7 Å². The van der Waals surface area contributed by atoms with Crippen LogP contribution in [0.25, 0.3) is 0 Å². The van der Waals surface area contributed by atoms with Crippen LogP contribution in [0, 0.1) is 0 Å². The molecule has 4 aromatic rings. The molecule has 6 heteroatoms. The lowest BCUT2D eigenvalue weighted by atomic mass is 9.83. The van der Waals surface area contributed by atoms with Gasteiger partial charge < -0.3 is 28.8 Å². The molecule has 0 spiro atoms. The number of benzene rings is 4. The minimum Gasteiger partial charge on any atom is -0.387 e. The third-order valence-corrected chi connectivity index (χ3v) is 7.92. The Balaban J connectivity index is 1.48. The maximum absolute atomic E-state index is 12.0. The maximum Gasteiger partial charge on any atom is 0.116 e. The molecule has 0 radical (unpaired) electrons. The molecule has 0 saturated heterocycles. The summed E-state index contributed by atoms with van der Waals surface area (Å²) in [6.07, 6.45) is -2.39. The first-order valence-corrected chi connectivity index (χ1v) is 15.6. The minimum atomic E-state index is -1.01. The van der Waals surface area contributed by atoms with Crippen LogP contribution in [0.5, 0.6) is 0 Å². The van der Waals surface area contributed by atoms with Gasteiger partial charge in [0.25, 0.3) is 0 Å². The summed E-state index contributed by atoms with van der Waals surface area (Å²) in [5.41, 5.74) is 4.09. The normalized spacial score (nSPS) is 23.4. The number of aliphatic hydroxyl groups excluding tert-OH is 1. The lowest BCUT2D eigenvalue weighted by Crippen LogP contribution is -2.66. The second kappa shape index (κ2) is 17.2. The van der Waals surface area contributed by atoms with Crippen LogP contribution in [0.15, 0.2) is 121 Å². The Morgan fingerprint density at radius 3 is 1.07 bits per heavy atom. The van der Waals surface area contributed by atoms with Crippen molar-refractivity contribution in [1.82, 2.24) is 0 Å². The Labute approximate surface area is 261 Å². The predicted octanol–water partition coefficient (Wildman–Crippen LogP) is 6.89. The zero-order chi connectivity index (χ0) is 30.4. The number of unbranched alkanes of at least 4 members (excludes halogenated alkanes) is 1. The summed E-state index contributed by atoms with van der Waals surface area (Å²) in [6, 6.07) is 40.1. The average Bonchev–Trinajstić information content (AvgIpc) is 3.08. The molecule has 1 aliphatic carbocycles. The third kappa shape index (κ3) is 9.08. The molecule has 0 bridgehead atoms. The second-order valence-corrected chi connectivity index (χ2v) is 11.2. The lowest BCUT2D eigenvalue weighted by Gasteiger charge is -2.48. The zero-order valence-corrected chi connectivity index (χ0v) is 25.4. The van der Waals surface area contributed by atoms with Crippen LogP contribution < -0.4 is 0 Å². The molecule has 44 heavy (non-hydrogen) atoms. The van der Waals surface area contributed by atoms with Gasteiger partial charge in [0.15, 0.2) is 0 Å². The summed E-state index contributed by atoms with van der Waals surface area (Å²) in [6.45, 7) is 3.96. The highest BCUT2D eigenvalue weighted by molar-refractivity contribution is 5.17. The fourth-order valence-electron chi connectivity index (χ4n) is 5.52. The monoisotopic (exact) mass is 596 g/mol. The molecule has 1 aliphatic rings. The van der Waals surface area contributed by atoms with Crippen molar-refractivity contribution in [2.45, 2.75) is 82.8 Å². The van der Waals surface area contributed by atoms with E-state index in [1.54, 1.807) is 0 Å². The van der Waals surface area contributed by atoms with E-state index in [1.165, 1.54) is 0 Å². The van der Waals surface area contributed by atoms with E-state index in [0.717, 1.165) is 35.1 Å². The van der Waals surface area contributed by atoms with E-state index in [0.29, 0.717) is 33.0 Å². The molecular weight excluding hydrogens is 552 g/mol. The van der Waals surface area contributed by atoms with E-state index in [1.807, 2.05) is 121 Å². The number of hydrogen-bond acceptors (Lipinski definition) is 6. The maximum atomic E-state index is 12.0. The highest BCUT2D eigenvalue weighted by Gasteiger charge is 2.54. The van der Waals surface area contributed by atoms with E-state index in [-0.39, 0.29) is 0 Å². The molecule has 0 aliphatic heterocycles. The van der Waals surface area contributed by atoms with Crippen LogP contribution in [0.1, 0.15) is 42.0 Å². The zero-order valence-electron chi connectivity index (χ0n) is 25.4. The number of aliphatic hydroxyl groups is 1. The summed E-state index contributed by atoms with van der Waals surface area (Å²) in [5, 5.41) is 12.0. The molecule has 232 valence electrons. The molecule has 0 heterocycles. The Morgan fingerprint density at radius 2 is 0.727 bits per heavy atom. The first kappa shape index (κ1) is 32.0. The SMILES string of the molecule is CCCCO[C@@H]1[C@H](O)[C@H](OCc2ccccc2)[C@@H](OCc2ccccc2)[C@H](OCc2ccccc2)[C@H]1OCc1ccccc1.